The van der Waals surface area contributed by atoms with Gasteiger partial charge in [-0.25, -0.2) is 0 Å². The van der Waals surface area contributed by atoms with Crippen LogP contribution in [-0.2, 0) is 11.3 Å². The van der Waals surface area contributed by atoms with Crippen LogP contribution in [-0.4, -0.2) is 31.1 Å². The maximum absolute atomic E-state index is 5.73. The van der Waals surface area contributed by atoms with Crippen molar-refractivity contribution in [2.24, 2.45) is 0 Å². The maximum atomic E-state index is 5.73. The number of rotatable bonds is 6. The minimum Gasteiger partial charge on any atom is -0.372 e. The molecule has 2 nitrogen and oxygen atoms in total. The van der Waals surface area contributed by atoms with Crippen LogP contribution in [0, 0.1) is 0 Å². The third-order valence-electron chi connectivity index (χ3n) is 3.59. The molecule has 0 amide bonds. The van der Waals surface area contributed by atoms with Gasteiger partial charge in [-0.1, -0.05) is 48.4 Å². The summed E-state index contributed by atoms with van der Waals surface area (Å²) in [6.45, 7) is 7.21. The zero-order valence-corrected chi connectivity index (χ0v) is 12.0. The number of hydrogen-bond donors (Lipinski definition) is 0. The Kier molecular flexibility index (Phi) is 6.12. The van der Waals surface area contributed by atoms with Crippen LogP contribution in [0.5, 0.6) is 0 Å². The van der Waals surface area contributed by atoms with E-state index in [1.54, 1.807) is 0 Å². The summed E-state index contributed by atoms with van der Waals surface area (Å²) >= 11 is 0. The van der Waals surface area contributed by atoms with Crippen LogP contribution < -0.4 is 0 Å². The van der Waals surface area contributed by atoms with E-state index in [0.29, 0.717) is 6.61 Å². The molecule has 0 atom stereocenters. The highest BCUT2D eigenvalue weighted by Crippen LogP contribution is 2.09. The van der Waals surface area contributed by atoms with Crippen molar-refractivity contribution in [1.29, 1.82) is 0 Å². The zero-order valence-electron chi connectivity index (χ0n) is 12.0. The van der Waals surface area contributed by atoms with Gasteiger partial charge in [-0.2, -0.15) is 0 Å². The smallest absolute Gasteiger partial charge is 0.0721 e. The number of ether oxygens (including phenoxy) is 1. The third kappa shape index (κ3) is 5.58. The molecule has 0 bridgehead atoms. The summed E-state index contributed by atoms with van der Waals surface area (Å²) in [7, 11) is 0. The van der Waals surface area contributed by atoms with Crippen LogP contribution in [0.1, 0.15) is 31.7 Å². The highest BCUT2D eigenvalue weighted by Gasteiger charge is 2.07. The van der Waals surface area contributed by atoms with E-state index in [9.17, 15) is 0 Å². The molecule has 1 fully saturated rings. The lowest BCUT2D eigenvalue weighted by Gasteiger charge is -2.25. The van der Waals surface area contributed by atoms with E-state index in [0.717, 1.165) is 13.2 Å². The SMILES string of the molecule is CC(=CCN1CCCCC1)COCc1ccccc1. The van der Waals surface area contributed by atoms with Gasteiger partial charge in [0.25, 0.3) is 0 Å². The van der Waals surface area contributed by atoms with Crippen LogP contribution in [0.3, 0.4) is 0 Å². The number of piperidine rings is 1. The summed E-state index contributed by atoms with van der Waals surface area (Å²) in [5.41, 5.74) is 2.58. The van der Waals surface area contributed by atoms with Gasteiger partial charge in [0.15, 0.2) is 0 Å². The fraction of sp³-hybridized carbons (Fsp3) is 0.529. The van der Waals surface area contributed by atoms with Gasteiger partial charge in [-0.15, -0.1) is 0 Å². The van der Waals surface area contributed by atoms with E-state index >= 15 is 0 Å². The van der Waals surface area contributed by atoms with Gasteiger partial charge in [0.1, 0.15) is 0 Å². The Morgan fingerprint density at radius 3 is 2.63 bits per heavy atom. The fourth-order valence-electron chi connectivity index (χ4n) is 2.39. The number of benzene rings is 1. The molecule has 1 aliphatic rings. The molecule has 0 saturated carbocycles. The third-order valence-corrected chi connectivity index (χ3v) is 3.59. The molecule has 0 spiro atoms. The second-order valence-electron chi connectivity index (χ2n) is 5.39. The monoisotopic (exact) mass is 259 g/mol. The Morgan fingerprint density at radius 2 is 1.89 bits per heavy atom. The first kappa shape index (κ1) is 14.3. The Labute approximate surface area is 117 Å². The van der Waals surface area contributed by atoms with Crippen molar-refractivity contribution in [3.05, 3.63) is 47.5 Å². The molecule has 104 valence electrons. The van der Waals surface area contributed by atoms with Crippen LogP contribution in [0.4, 0.5) is 0 Å². The molecule has 0 unspecified atom stereocenters. The van der Waals surface area contributed by atoms with E-state index < -0.39 is 0 Å². The summed E-state index contributed by atoms with van der Waals surface area (Å²) in [6.07, 6.45) is 6.44. The minimum atomic E-state index is 0.704. The molecular formula is C17H25NO. The Hall–Kier alpha value is -1.12. The van der Waals surface area contributed by atoms with Crippen molar-refractivity contribution >= 4 is 0 Å². The predicted molar refractivity (Wildman–Crippen MR) is 80.1 cm³/mol. The van der Waals surface area contributed by atoms with Crippen LogP contribution in [0.15, 0.2) is 42.0 Å². The highest BCUT2D eigenvalue weighted by molar-refractivity contribution is 5.13. The zero-order chi connectivity index (χ0) is 13.3. The first-order valence-corrected chi connectivity index (χ1v) is 7.34. The van der Waals surface area contributed by atoms with Gasteiger partial charge >= 0.3 is 0 Å². The summed E-state index contributed by atoms with van der Waals surface area (Å²) in [5.74, 6) is 0. The lowest BCUT2D eigenvalue weighted by molar-refractivity contribution is 0.142. The second-order valence-corrected chi connectivity index (χ2v) is 5.39. The maximum Gasteiger partial charge on any atom is 0.0721 e. The average Bonchev–Trinajstić information content (AvgIpc) is 2.47. The van der Waals surface area contributed by atoms with E-state index in [-0.39, 0.29) is 0 Å². The molecular weight excluding hydrogens is 234 g/mol. The summed E-state index contributed by atoms with van der Waals surface area (Å²) < 4.78 is 5.73. The van der Waals surface area contributed by atoms with E-state index in [2.05, 4.69) is 42.2 Å². The van der Waals surface area contributed by atoms with Crippen molar-refractivity contribution in [2.45, 2.75) is 32.8 Å². The number of hydrogen-bond acceptors (Lipinski definition) is 2. The van der Waals surface area contributed by atoms with Crippen molar-refractivity contribution in [3.8, 4) is 0 Å². The largest absolute Gasteiger partial charge is 0.372 e. The van der Waals surface area contributed by atoms with Gasteiger partial charge in [0, 0.05) is 6.54 Å². The molecule has 1 aromatic carbocycles. The van der Waals surface area contributed by atoms with Gasteiger partial charge in [-0.05, 0) is 38.4 Å². The van der Waals surface area contributed by atoms with Crippen LogP contribution >= 0.6 is 0 Å². The molecule has 0 aromatic heterocycles. The van der Waals surface area contributed by atoms with E-state index in [4.69, 9.17) is 4.74 Å². The van der Waals surface area contributed by atoms with Crippen molar-refractivity contribution in [2.75, 3.05) is 26.2 Å². The molecule has 0 N–H and O–H groups in total. The molecule has 0 radical (unpaired) electrons. The molecule has 1 heterocycles. The van der Waals surface area contributed by atoms with Crippen molar-refractivity contribution < 1.29 is 4.74 Å². The molecule has 1 aromatic rings. The number of nitrogens with zero attached hydrogens (tertiary/aromatic N) is 1. The normalized spacial score (nSPS) is 17.6. The quantitative estimate of drug-likeness (QED) is 0.723. The lowest BCUT2D eigenvalue weighted by Crippen LogP contribution is -2.29. The minimum absolute atomic E-state index is 0.704. The van der Waals surface area contributed by atoms with Gasteiger partial charge in [0.2, 0.25) is 0 Å². The Morgan fingerprint density at radius 1 is 1.16 bits per heavy atom. The fourth-order valence-corrected chi connectivity index (χ4v) is 2.39. The summed E-state index contributed by atoms with van der Waals surface area (Å²) in [5, 5.41) is 0. The predicted octanol–water partition coefficient (Wildman–Crippen LogP) is 3.64. The van der Waals surface area contributed by atoms with Gasteiger partial charge in [-0.3, -0.25) is 4.90 Å². The Bertz CT molecular complexity index is 380. The molecule has 2 heteroatoms. The first-order chi connectivity index (χ1) is 9.34. The molecule has 1 aliphatic heterocycles. The van der Waals surface area contributed by atoms with E-state index in [1.807, 2.05) is 6.07 Å². The van der Waals surface area contributed by atoms with Gasteiger partial charge < -0.3 is 4.74 Å². The summed E-state index contributed by atoms with van der Waals surface area (Å²) in [4.78, 5) is 2.53. The molecule has 2 rings (SSSR count). The van der Waals surface area contributed by atoms with Crippen LogP contribution in [0.25, 0.3) is 0 Å². The lowest BCUT2D eigenvalue weighted by atomic mass is 10.1. The highest BCUT2D eigenvalue weighted by atomic mass is 16.5. The molecule has 1 saturated heterocycles. The molecule has 0 aliphatic carbocycles. The number of likely N-dealkylation sites (tertiary alicyclic amines) is 1. The summed E-state index contributed by atoms with van der Waals surface area (Å²) in [6, 6.07) is 10.3. The molecule has 19 heavy (non-hydrogen) atoms. The first-order valence-electron chi connectivity index (χ1n) is 7.34. The van der Waals surface area contributed by atoms with E-state index in [1.165, 1.54) is 43.5 Å². The standard InChI is InChI=1S/C17H25NO/c1-16(10-13-18-11-6-3-7-12-18)14-19-15-17-8-4-2-5-9-17/h2,4-5,8-10H,3,6-7,11-15H2,1H3. The van der Waals surface area contributed by atoms with Crippen molar-refractivity contribution in [3.63, 3.8) is 0 Å². The Balaban J connectivity index is 1.64. The van der Waals surface area contributed by atoms with Gasteiger partial charge in [0.05, 0.1) is 13.2 Å². The average molecular weight is 259 g/mol. The van der Waals surface area contributed by atoms with Crippen LogP contribution in [0.2, 0.25) is 0 Å². The topological polar surface area (TPSA) is 12.5 Å². The second kappa shape index (κ2) is 8.13. The van der Waals surface area contributed by atoms with Crippen molar-refractivity contribution in [1.82, 2.24) is 4.90 Å².